The summed E-state index contributed by atoms with van der Waals surface area (Å²) in [4.78, 5) is 32.8. The Morgan fingerprint density at radius 3 is 1.73 bits per heavy atom. The molecule has 1 aliphatic heterocycles. The molecule has 15 heteroatoms. The minimum Gasteiger partial charge on any atom is -0.395 e. The van der Waals surface area contributed by atoms with Crippen molar-refractivity contribution in [3.8, 4) is 0 Å². The molecule has 0 radical (unpaired) electrons. The van der Waals surface area contributed by atoms with Crippen molar-refractivity contribution in [1.29, 1.82) is 0 Å². The van der Waals surface area contributed by atoms with Crippen molar-refractivity contribution in [3.05, 3.63) is 0 Å². The molecule has 0 aromatic rings. The van der Waals surface area contributed by atoms with Gasteiger partial charge in [-0.25, -0.2) is 9.80 Å². The third kappa shape index (κ3) is 5.52. The van der Waals surface area contributed by atoms with Gasteiger partial charge in [-0.15, -0.1) is 0 Å². The third-order valence-electron chi connectivity index (χ3n) is 3.90. The highest BCUT2D eigenvalue weighted by atomic mass is 31.2. The summed E-state index contributed by atoms with van der Waals surface area (Å²) >= 11 is 0. The molecular formula is C11H27N3O10P2. The van der Waals surface area contributed by atoms with Crippen LogP contribution in [0.1, 0.15) is 6.92 Å². The summed E-state index contributed by atoms with van der Waals surface area (Å²) < 4.78 is 28.8. The minimum atomic E-state index is -5.41. The Balaban J connectivity index is 3.14. The second-order valence-electron chi connectivity index (χ2n) is 5.94. The second-order valence-corrected chi connectivity index (χ2v) is 10.4. The second kappa shape index (κ2) is 9.48. The molecule has 0 aromatic carbocycles. The summed E-state index contributed by atoms with van der Waals surface area (Å²) in [5, 5.41) is 34.1. The van der Waals surface area contributed by atoms with Gasteiger partial charge in [0.1, 0.15) is 0 Å². The number of hydrogen-bond acceptors (Lipinski definition) is 10. The van der Waals surface area contributed by atoms with Gasteiger partial charge in [-0.05, 0) is 6.92 Å². The van der Waals surface area contributed by atoms with Gasteiger partial charge in [-0.2, -0.15) is 0 Å². The maximum Gasteiger partial charge on any atom is 0.374 e. The van der Waals surface area contributed by atoms with Gasteiger partial charge in [0.15, 0.2) is 6.35 Å². The number of rotatable bonds is 10. The molecule has 156 valence electrons. The lowest BCUT2D eigenvalue weighted by molar-refractivity contribution is -0.181. The van der Waals surface area contributed by atoms with Crippen molar-refractivity contribution in [1.82, 2.24) is 14.7 Å². The lowest BCUT2D eigenvalue weighted by Gasteiger charge is -2.48. The molecule has 0 aliphatic carbocycles. The molecule has 26 heavy (non-hydrogen) atoms. The van der Waals surface area contributed by atoms with E-state index in [1.165, 1.54) is 9.80 Å². The van der Waals surface area contributed by atoms with Crippen LogP contribution in [-0.2, 0) is 13.7 Å². The van der Waals surface area contributed by atoms with Crippen LogP contribution >= 0.6 is 15.2 Å². The molecule has 1 saturated heterocycles. The average molecular weight is 423 g/mol. The standard InChI is InChI=1S/C11H27N3O10P2/c1-11(18,25(19,20)21)26(22,23)24-10-13(3-6-16)8-12(2-5-15)9-14(10)4-7-17/h10,15-18H,2-9H2,1H3,(H,22,23)(H2,19,20,21). The van der Waals surface area contributed by atoms with Crippen LogP contribution in [0.3, 0.4) is 0 Å². The highest BCUT2D eigenvalue weighted by Gasteiger charge is 2.58. The summed E-state index contributed by atoms with van der Waals surface area (Å²) in [5.74, 6) is 0. The van der Waals surface area contributed by atoms with E-state index in [1.54, 1.807) is 4.90 Å². The molecule has 1 aliphatic rings. The fraction of sp³-hybridized carbons (Fsp3) is 1.00. The molecule has 13 nitrogen and oxygen atoms in total. The van der Waals surface area contributed by atoms with Crippen molar-refractivity contribution < 1.29 is 48.8 Å². The monoisotopic (exact) mass is 423 g/mol. The molecular weight excluding hydrogens is 396 g/mol. The topological polar surface area (TPSA) is 195 Å². The highest BCUT2D eigenvalue weighted by molar-refractivity contribution is 7.72. The van der Waals surface area contributed by atoms with Crippen molar-refractivity contribution in [2.75, 3.05) is 52.8 Å². The van der Waals surface area contributed by atoms with E-state index in [0.717, 1.165) is 0 Å². The van der Waals surface area contributed by atoms with E-state index in [-0.39, 0.29) is 52.8 Å². The summed E-state index contributed by atoms with van der Waals surface area (Å²) in [6.45, 7) is -0.00184. The van der Waals surface area contributed by atoms with E-state index >= 15 is 0 Å². The zero-order chi connectivity index (χ0) is 20.2. The fourth-order valence-corrected chi connectivity index (χ4v) is 4.54. The average Bonchev–Trinajstić information content (AvgIpc) is 2.50. The Kier molecular flexibility index (Phi) is 8.77. The van der Waals surface area contributed by atoms with Crippen LogP contribution < -0.4 is 0 Å². The molecule has 0 bridgehead atoms. The Labute approximate surface area is 150 Å². The molecule has 1 rings (SSSR count). The quantitative estimate of drug-likeness (QED) is 0.177. The zero-order valence-corrected chi connectivity index (χ0v) is 16.1. The molecule has 0 amide bonds. The van der Waals surface area contributed by atoms with Crippen LogP contribution in [0.2, 0.25) is 0 Å². The van der Waals surface area contributed by atoms with E-state index in [1.807, 2.05) is 0 Å². The van der Waals surface area contributed by atoms with Crippen LogP contribution in [0.25, 0.3) is 0 Å². The number of aliphatic hydroxyl groups excluding tert-OH is 3. The van der Waals surface area contributed by atoms with Gasteiger partial charge in [0.2, 0.25) is 0 Å². The van der Waals surface area contributed by atoms with Gasteiger partial charge in [0, 0.05) is 19.6 Å². The number of hydrogen-bond donors (Lipinski definition) is 7. The first-order valence-corrected chi connectivity index (χ1v) is 10.9. The Morgan fingerprint density at radius 2 is 1.38 bits per heavy atom. The number of nitrogens with zero attached hydrogens (tertiary/aromatic N) is 3. The van der Waals surface area contributed by atoms with Crippen molar-refractivity contribution in [2.24, 2.45) is 0 Å². The van der Waals surface area contributed by atoms with Crippen LogP contribution in [0.15, 0.2) is 0 Å². The van der Waals surface area contributed by atoms with Gasteiger partial charge in [-0.1, -0.05) is 0 Å². The first kappa shape index (κ1) is 24.1. The van der Waals surface area contributed by atoms with Gasteiger partial charge in [0.25, 0.3) is 5.08 Å². The summed E-state index contributed by atoms with van der Waals surface area (Å²) in [6, 6.07) is 0. The van der Waals surface area contributed by atoms with Crippen molar-refractivity contribution in [2.45, 2.75) is 18.4 Å². The summed E-state index contributed by atoms with van der Waals surface area (Å²) in [6.07, 6.45) is -1.35. The molecule has 1 heterocycles. The van der Waals surface area contributed by atoms with Crippen LogP contribution in [0.4, 0.5) is 0 Å². The lowest BCUT2D eigenvalue weighted by Crippen LogP contribution is -2.63. The van der Waals surface area contributed by atoms with Gasteiger partial charge in [-0.3, -0.25) is 18.6 Å². The van der Waals surface area contributed by atoms with Crippen LogP contribution in [0, 0.1) is 0 Å². The fourth-order valence-electron chi connectivity index (χ4n) is 2.36. The third-order valence-corrected chi connectivity index (χ3v) is 8.09. The highest BCUT2D eigenvalue weighted by Crippen LogP contribution is 2.70. The molecule has 1 fully saturated rings. The largest absolute Gasteiger partial charge is 0.395 e. The van der Waals surface area contributed by atoms with Gasteiger partial charge < -0.3 is 35.1 Å². The van der Waals surface area contributed by atoms with Crippen molar-refractivity contribution >= 4 is 15.2 Å². The van der Waals surface area contributed by atoms with Crippen LogP contribution in [-0.4, -0.2) is 114 Å². The predicted octanol–water partition coefficient (Wildman–Crippen LogP) is -2.87. The van der Waals surface area contributed by atoms with E-state index in [4.69, 9.17) is 19.4 Å². The van der Waals surface area contributed by atoms with E-state index in [0.29, 0.717) is 6.92 Å². The first-order chi connectivity index (χ1) is 11.9. The molecule has 7 N–H and O–H groups in total. The molecule has 0 aromatic heterocycles. The van der Waals surface area contributed by atoms with E-state index in [2.05, 4.69) is 0 Å². The Bertz CT molecular complexity index is 528. The van der Waals surface area contributed by atoms with Crippen LogP contribution in [0.5, 0.6) is 0 Å². The molecule has 2 atom stereocenters. The minimum absolute atomic E-state index is 0.0351. The first-order valence-electron chi connectivity index (χ1n) is 7.73. The zero-order valence-electron chi connectivity index (χ0n) is 14.3. The molecule has 2 unspecified atom stereocenters. The Hall–Kier alpha value is 0.0200. The van der Waals surface area contributed by atoms with Gasteiger partial charge in [0.05, 0.1) is 33.2 Å². The predicted molar refractivity (Wildman–Crippen MR) is 88.5 cm³/mol. The number of aliphatic hydroxyl groups is 4. The van der Waals surface area contributed by atoms with Crippen molar-refractivity contribution in [3.63, 3.8) is 0 Å². The molecule has 0 saturated carbocycles. The number of β-amino-alcohol motifs (C(OH)–C–C–N with tert-alkyl or cyclic N) is 3. The van der Waals surface area contributed by atoms with Gasteiger partial charge >= 0.3 is 15.2 Å². The SMILES string of the molecule is CC(O)(P(=O)(O)O)P(=O)(O)OC1N(CCO)CN(CCO)CN1CCO. The molecule has 0 spiro atoms. The Morgan fingerprint density at radius 1 is 0.962 bits per heavy atom. The maximum absolute atomic E-state index is 12.4. The van der Waals surface area contributed by atoms with E-state index in [9.17, 15) is 29.3 Å². The summed E-state index contributed by atoms with van der Waals surface area (Å²) in [5.41, 5.74) is 0. The van der Waals surface area contributed by atoms with E-state index < -0.39 is 26.6 Å². The normalized spacial score (nSPS) is 23.7. The summed E-state index contributed by atoms with van der Waals surface area (Å²) in [7, 11) is -10.7. The maximum atomic E-state index is 12.4. The smallest absolute Gasteiger partial charge is 0.374 e. The lowest BCUT2D eigenvalue weighted by atomic mass is 10.4.